The predicted octanol–water partition coefficient (Wildman–Crippen LogP) is 2.22. The number of likely N-dealkylation sites (tertiary alicyclic amines) is 1. The molecule has 0 radical (unpaired) electrons. The molecule has 1 aromatic heterocycles. The number of aryl methyl sites for hydroxylation is 1. The molecule has 2 unspecified atom stereocenters. The van der Waals surface area contributed by atoms with E-state index in [2.05, 4.69) is 35.2 Å². The van der Waals surface area contributed by atoms with Crippen LogP contribution in [0.15, 0.2) is 12.1 Å². The molecule has 2 heterocycles. The van der Waals surface area contributed by atoms with Crippen LogP contribution < -0.4 is 10.1 Å². The van der Waals surface area contributed by atoms with Gasteiger partial charge in [0.1, 0.15) is 5.75 Å². The van der Waals surface area contributed by atoms with Gasteiger partial charge in [0.15, 0.2) is 0 Å². The molecule has 1 aliphatic rings. The van der Waals surface area contributed by atoms with Gasteiger partial charge in [-0.2, -0.15) is 0 Å². The highest BCUT2D eigenvalue weighted by atomic mass is 16.5. The van der Waals surface area contributed by atoms with Gasteiger partial charge in [0.2, 0.25) is 0 Å². The molecule has 1 saturated heterocycles. The van der Waals surface area contributed by atoms with E-state index in [0.29, 0.717) is 6.04 Å². The van der Waals surface area contributed by atoms with Gasteiger partial charge in [-0.05, 0) is 26.3 Å². The highest BCUT2D eigenvalue weighted by Gasteiger charge is 2.26. The van der Waals surface area contributed by atoms with Crippen LogP contribution in [0.2, 0.25) is 0 Å². The maximum absolute atomic E-state index is 5.33. The largest absolute Gasteiger partial charge is 0.497 e. The van der Waals surface area contributed by atoms with Gasteiger partial charge < -0.3 is 10.1 Å². The number of hydrogen-bond donors (Lipinski definition) is 1. The Labute approximate surface area is 122 Å². The first-order chi connectivity index (χ1) is 9.66. The zero-order valence-corrected chi connectivity index (χ0v) is 13.1. The Kier molecular flexibility index (Phi) is 5.38. The topological polar surface area (TPSA) is 37.4 Å². The van der Waals surface area contributed by atoms with Gasteiger partial charge >= 0.3 is 0 Å². The smallest absolute Gasteiger partial charge is 0.122 e. The van der Waals surface area contributed by atoms with Crippen LogP contribution in [0.25, 0.3) is 0 Å². The van der Waals surface area contributed by atoms with Crippen molar-refractivity contribution in [1.29, 1.82) is 0 Å². The van der Waals surface area contributed by atoms with Crippen molar-refractivity contribution >= 4 is 0 Å². The zero-order valence-electron chi connectivity index (χ0n) is 13.1. The number of ether oxygens (including phenoxy) is 1. The van der Waals surface area contributed by atoms with E-state index in [1.807, 2.05) is 13.0 Å². The number of rotatable bonds is 5. The summed E-state index contributed by atoms with van der Waals surface area (Å²) in [6.07, 6.45) is 2.45. The minimum atomic E-state index is 0.663. The highest BCUT2D eigenvalue weighted by molar-refractivity contribution is 5.26. The van der Waals surface area contributed by atoms with Crippen LogP contribution in [-0.4, -0.2) is 43.2 Å². The number of nitrogens with one attached hydrogen (secondary N) is 1. The molecule has 20 heavy (non-hydrogen) atoms. The molecule has 4 heteroatoms. The van der Waals surface area contributed by atoms with Crippen molar-refractivity contribution in [1.82, 2.24) is 15.2 Å². The Morgan fingerprint density at radius 1 is 1.45 bits per heavy atom. The molecule has 2 atom stereocenters. The molecule has 1 N–H and O–H groups in total. The second kappa shape index (κ2) is 7.04. The van der Waals surface area contributed by atoms with Crippen molar-refractivity contribution in [3.8, 4) is 5.75 Å². The second-order valence-electron chi connectivity index (χ2n) is 5.73. The summed E-state index contributed by atoms with van der Waals surface area (Å²) < 4.78 is 5.33. The number of piperidine rings is 1. The molecule has 112 valence electrons. The average Bonchev–Trinajstić information content (AvgIpc) is 2.46. The molecule has 2 rings (SSSR count). The Hall–Kier alpha value is -1.13. The Morgan fingerprint density at radius 2 is 2.25 bits per heavy atom. The minimum Gasteiger partial charge on any atom is -0.497 e. The minimum absolute atomic E-state index is 0.663. The SMILES string of the molecule is CCC1CN(Cc2cc(OC)cc(C)n2)CCC1NC. The van der Waals surface area contributed by atoms with Gasteiger partial charge in [-0.3, -0.25) is 9.88 Å². The summed E-state index contributed by atoms with van der Waals surface area (Å²) in [6, 6.07) is 4.69. The molecular weight excluding hydrogens is 250 g/mol. The summed E-state index contributed by atoms with van der Waals surface area (Å²) in [7, 11) is 3.79. The van der Waals surface area contributed by atoms with Gasteiger partial charge in [-0.15, -0.1) is 0 Å². The van der Waals surface area contributed by atoms with Crippen molar-refractivity contribution in [3.63, 3.8) is 0 Å². The summed E-state index contributed by atoms with van der Waals surface area (Å²) in [6.45, 7) is 7.52. The zero-order chi connectivity index (χ0) is 14.5. The number of pyridine rings is 1. The lowest BCUT2D eigenvalue weighted by Gasteiger charge is -2.38. The maximum Gasteiger partial charge on any atom is 0.122 e. The first-order valence-corrected chi connectivity index (χ1v) is 7.57. The summed E-state index contributed by atoms with van der Waals surface area (Å²) in [5, 5.41) is 3.45. The average molecular weight is 277 g/mol. The predicted molar refractivity (Wildman–Crippen MR) is 82.0 cm³/mol. The number of hydrogen-bond acceptors (Lipinski definition) is 4. The van der Waals surface area contributed by atoms with Crippen molar-refractivity contribution < 1.29 is 4.74 Å². The Morgan fingerprint density at radius 3 is 2.90 bits per heavy atom. The Balaban J connectivity index is 2.01. The fraction of sp³-hybridized carbons (Fsp3) is 0.688. The van der Waals surface area contributed by atoms with Crippen LogP contribution >= 0.6 is 0 Å². The van der Waals surface area contributed by atoms with Crippen LogP contribution in [0.4, 0.5) is 0 Å². The number of methoxy groups -OCH3 is 1. The fourth-order valence-electron chi connectivity index (χ4n) is 3.18. The lowest BCUT2D eigenvalue weighted by Crippen LogP contribution is -2.47. The maximum atomic E-state index is 5.33. The van der Waals surface area contributed by atoms with E-state index in [9.17, 15) is 0 Å². The molecule has 0 spiro atoms. The van der Waals surface area contributed by atoms with Gasteiger partial charge in [-0.25, -0.2) is 0 Å². The molecule has 0 bridgehead atoms. The standard InChI is InChI=1S/C16H27N3O/c1-5-13-10-19(7-6-16(13)17-3)11-14-9-15(20-4)8-12(2)18-14/h8-9,13,16-17H,5-7,10-11H2,1-4H3. The van der Waals surface area contributed by atoms with E-state index >= 15 is 0 Å². The molecular formula is C16H27N3O. The van der Waals surface area contributed by atoms with Gasteiger partial charge in [-0.1, -0.05) is 13.3 Å². The number of aromatic nitrogens is 1. The highest BCUT2D eigenvalue weighted by Crippen LogP contribution is 2.22. The molecule has 1 aromatic rings. The first kappa shape index (κ1) is 15.3. The van der Waals surface area contributed by atoms with Crippen molar-refractivity contribution in [2.24, 2.45) is 5.92 Å². The van der Waals surface area contributed by atoms with Crippen LogP contribution in [0.3, 0.4) is 0 Å². The van der Waals surface area contributed by atoms with E-state index in [-0.39, 0.29) is 0 Å². The molecule has 4 nitrogen and oxygen atoms in total. The molecule has 0 amide bonds. The quantitative estimate of drug-likeness (QED) is 0.895. The third kappa shape index (κ3) is 3.70. The lowest BCUT2D eigenvalue weighted by molar-refractivity contribution is 0.131. The fourth-order valence-corrected chi connectivity index (χ4v) is 3.18. The van der Waals surface area contributed by atoms with Gasteiger partial charge in [0.05, 0.1) is 12.8 Å². The van der Waals surface area contributed by atoms with E-state index in [1.54, 1.807) is 7.11 Å². The van der Waals surface area contributed by atoms with Gasteiger partial charge in [0.25, 0.3) is 0 Å². The van der Waals surface area contributed by atoms with E-state index in [4.69, 9.17) is 4.74 Å². The lowest BCUT2D eigenvalue weighted by atomic mass is 9.90. The summed E-state index contributed by atoms with van der Waals surface area (Å²) in [5.74, 6) is 1.64. The van der Waals surface area contributed by atoms with E-state index < -0.39 is 0 Å². The number of nitrogens with zero attached hydrogens (tertiary/aromatic N) is 2. The second-order valence-corrected chi connectivity index (χ2v) is 5.73. The molecule has 1 aliphatic heterocycles. The third-order valence-electron chi connectivity index (χ3n) is 4.31. The monoisotopic (exact) mass is 277 g/mol. The van der Waals surface area contributed by atoms with Crippen molar-refractivity contribution in [2.45, 2.75) is 39.3 Å². The van der Waals surface area contributed by atoms with Crippen molar-refractivity contribution in [3.05, 3.63) is 23.5 Å². The normalized spacial score (nSPS) is 23.8. The van der Waals surface area contributed by atoms with Crippen LogP contribution in [0.1, 0.15) is 31.2 Å². The molecule has 1 fully saturated rings. The molecule has 0 saturated carbocycles. The third-order valence-corrected chi connectivity index (χ3v) is 4.31. The molecule has 0 aromatic carbocycles. The van der Waals surface area contributed by atoms with Gasteiger partial charge in [0, 0.05) is 43.5 Å². The molecule has 0 aliphatic carbocycles. The van der Waals surface area contributed by atoms with Crippen LogP contribution in [-0.2, 0) is 6.54 Å². The van der Waals surface area contributed by atoms with Crippen LogP contribution in [0.5, 0.6) is 5.75 Å². The van der Waals surface area contributed by atoms with Crippen molar-refractivity contribution in [2.75, 3.05) is 27.2 Å². The van der Waals surface area contributed by atoms with E-state index in [1.165, 1.54) is 12.8 Å². The summed E-state index contributed by atoms with van der Waals surface area (Å²) >= 11 is 0. The van der Waals surface area contributed by atoms with E-state index in [0.717, 1.165) is 42.7 Å². The van der Waals surface area contributed by atoms with Crippen LogP contribution in [0, 0.1) is 12.8 Å². The summed E-state index contributed by atoms with van der Waals surface area (Å²) in [5.41, 5.74) is 2.14. The Bertz CT molecular complexity index is 436. The first-order valence-electron chi connectivity index (χ1n) is 7.57. The summed E-state index contributed by atoms with van der Waals surface area (Å²) in [4.78, 5) is 7.15.